The topological polar surface area (TPSA) is 52.9 Å². The number of amides is 1. The summed E-state index contributed by atoms with van der Waals surface area (Å²) in [6.07, 6.45) is 0. The highest BCUT2D eigenvalue weighted by atomic mass is 35.5. The molecule has 0 saturated carbocycles. The zero-order valence-corrected chi connectivity index (χ0v) is 9.74. The molecule has 0 bridgehead atoms. The summed E-state index contributed by atoms with van der Waals surface area (Å²) in [5.41, 5.74) is 0.351. The van der Waals surface area contributed by atoms with E-state index in [0.29, 0.717) is 5.69 Å². The van der Waals surface area contributed by atoms with E-state index >= 15 is 0 Å². The molecule has 84 valence electrons. The molecule has 3 nitrogen and oxygen atoms in total. The summed E-state index contributed by atoms with van der Waals surface area (Å²) in [5, 5.41) is 10.8. The lowest BCUT2D eigenvalue weighted by molar-refractivity contribution is -0.113. The number of halogens is 2. The number of nitrogens with one attached hydrogen (secondary N) is 1. The van der Waals surface area contributed by atoms with Crippen LogP contribution in [0.2, 0.25) is 5.02 Å². The van der Waals surface area contributed by atoms with Crippen LogP contribution in [0.15, 0.2) is 18.2 Å². The standard InChI is InChI=1S/C10H8ClFN2OS/c11-8-2-1-7(5-9(8)12)14-10(15)6-16-4-3-13/h1-2,5H,4,6H2,(H,14,15). The number of nitriles is 1. The van der Waals surface area contributed by atoms with Crippen LogP contribution in [-0.4, -0.2) is 17.4 Å². The molecule has 1 N–H and O–H groups in total. The first kappa shape index (κ1) is 12.8. The van der Waals surface area contributed by atoms with E-state index in [9.17, 15) is 9.18 Å². The van der Waals surface area contributed by atoms with Gasteiger partial charge in [-0.2, -0.15) is 5.26 Å². The predicted molar refractivity (Wildman–Crippen MR) is 63.0 cm³/mol. The van der Waals surface area contributed by atoms with Gasteiger partial charge < -0.3 is 5.32 Å². The number of hydrogen-bond acceptors (Lipinski definition) is 3. The van der Waals surface area contributed by atoms with Crippen molar-refractivity contribution in [1.29, 1.82) is 5.26 Å². The quantitative estimate of drug-likeness (QED) is 0.845. The van der Waals surface area contributed by atoms with Gasteiger partial charge in [0.1, 0.15) is 5.82 Å². The molecule has 0 unspecified atom stereocenters. The fraction of sp³-hybridized carbons (Fsp3) is 0.200. The number of carbonyl (C=O) groups excluding carboxylic acids is 1. The van der Waals surface area contributed by atoms with Crippen molar-refractivity contribution in [2.45, 2.75) is 0 Å². The monoisotopic (exact) mass is 258 g/mol. The summed E-state index contributed by atoms with van der Waals surface area (Å²) >= 11 is 6.69. The van der Waals surface area contributed by atoms with Crippen molar-refractivity contribution in [3.05, 3.63) is 29.0 Å². The minimum Gasteiger partial charge on any atom is -0.325 e. The van der Waals surface area contributed by atoms with Gasteiger partial charge in [0.2, 0.25) is 5.91 Å². The fourth-order valence-electron chi connectivity index (χ4n) is 0.960. The van der Waals surface area contributed by atoms with Crippen molar-refractivity contribution >= 4 is 35.0 Å². The zero-order chi connectivity index (χ0) is 12.0. The molecule has 0 aliphatic heterocycles. The van der Waals surface area contributed by atoms with Crippen LogP contribution in [0, 0.1) is 17.1 Å². The van der Waals surface area contributed by atoms with Gasteiger partial charge in [-0.25, -0.2) is 4.39 Å². The van der Waals surface area contributed by atoms with Crippen LogP contribution < -0.4 is 5.32 Å². The van der Waals surface area contributed by atoms with Crippen LogP contribution in [0.5, 0.6) is 0 Å². The summed E-state index contributed by atoms with van der Waals surface area (Å²) < 4.78 is 13.0. The highest BCUT2D eigenvalue weighted by molar-refractivity contribution is 8.00. The van der Waals surface area contributed by atoms with E-state index in [1.165, 1.54) is 23.9 Å². The molecule has 0 aliphatic rings. The summed E-state index contributed by atoms with van der Waals surface area (Å²) in [4.78, 5) is 11.3. The maximum atomic E-state index is 13.0. The number of carbonyl (C=O) groups is 1. The fourth-order valence-corrected chi connectivity index (χ4v) is 1.53. The molecule has 1 aromatic rings. The van der Waals surface area contributed by atoms with E-state index < -0.39 is 5.82 Å². The van der Waals surface area contributed by atoms with E-state index in [2.05, 4.69) is 5.32 Å². The van der Waals surface area contributed by atoms with Crippen molar-refractivity contribution in [2.24, 2.45) is 0 Å². The average Bonchev–Trinajstić information content (AvgIpc) is 2.24. The average molecular weight is 259 g/mol. The third-order valence-corrected chi connectivity index (χ3v) is 2.71. The first-order chi connectivity index (χ1) is 7.63. The van der Waals surface area contributed by atoms with Crippen LogP contribution in [-0.2, 0) is 4.79 Å². The zero-order valence-electron chi connectivity index (χ0n) is 8.17. The lowest BCUT2D eigenvalue weighted by Gasteiger charge is -2.04. The van der Waals surface area contributed by atoms with Crippen LogP contribution in [0.25, 0.3) is 0 Å². The van der Waals surface area contributed by atoms with Crippen LogP contribution in [0.3, 0.4) is 0 Å². The Morgan fingerprint density at radius 1 is 1.62 bits per heavy atom. The van der Waals surface area contributed by atoms with Gasteiger partial charge in [-0.3, -0.25) is 4.79 Å². The highest BCUT2D eigenvalue weighted by Crippen LogP contribution is 2.18. The Hall–Kier alpha value is -1.25. The normalized spacial score (nSPS) is 9.56. The number of nitrogens with zero attached hydrogens (tertiary/aromatic N) is 1. The molecule has 1 amide bonds. The van der Waals surface area contributed by atoms with E-state index in [1.54, 1.807) is 0 Å². The van der Waals surface area contributed by atoms with Crippen molar-refractivity contribution in [3.63, 3.8) is 0 Å². The Morgan fingerprint density at radius 3 is 3.00 bits per heavy atom. The summed E-state index contributed by atoms with van der Waals surface area (Å²) in [5.74, 6) is -0.439. The first-order valence-corrected chi connectivity index (χ1v) is 5.86. The molecular weight excluding hydrogens is 251 g/mol. The second kappa shape index (κ2) is 6.36. The molecule has 0 aliphatic carbocycles. The summed E-state index contributed by atoms with van der Waals surface area (Å²) in [6.45, 7) is 0. The Bertz CT molecular complexity index is 433. The van der Waals surface area contributed by atoms with Gasteiger partial charge in [-0.05, 0) is 18.2 Å². The van der Waals surface area contributed by atoms with Crippen molar-refractivity contribution in [2.75, 3.05) is 16.8 Å². The SMILES string of the molecule is N#CCSCC(=O)Nc1ccc(Cl)c(F)c1. The second-order valence-corrected chi connectivity index (χ2v) is 4.22. The maximum Gasteiger partial charge on any atom is 0.234 e. The van der Waals surface area contributed by atoms with Gasteiger partial charge in [0.05, 0.1) is 22.6 Å². The lowest BCUT2D eigenvalue weighted by Crippen LogP contribution is -2.14. The number of rotatable bonds is 4. The Balaban J connectivity index is 2.50. The molecular formula is C10H8ClFN2OS. The number of anilines is 1. The largest absolute Gasteiger partial charge is 0.325 e. The van der Waals surface area contributed by atoms with E-state index in [4.69, 9.17) is 16.9 Å². The van der Waals surface area contributed by atoms with Crippen molar-refractivity contribution in [3.8, 4) is 6.07 Å². The second-order valence-electron chi connectivity index (χ2n) is 2.83. The number of hydrogen-bond donors (Lipinski definition) is 1. The molecule has 0 atom stereocenters. The van der Waals surface area contributed by atoms with E-state index in [0.717, 1.165) is 6.07 Å². The molecule has 16 heavy (non-hydrogen) atoms. The smallest absolute Gasteiger partial charge is 0.234 e. The molecule has 1 rings (SSSR count). The number of benzene rings is 1. The minimum absolute atomic E-state index is 0.0110. The highest BCUT2D eigenvalue weighted by Gasteiger charge is 2.05. The van der Waals surface area contributed by atoms with Gasteiger partial charge in [0.15, 0.2) is 0 Å². The molecule has 0 saturated heterocycles. The molecule has 0 aromatic heterocycles. The molecule has 6 heteroatoms. The predicted octanol–water partition coefficient (Wildman–Crippen LogP) is 2.67. The molecule has 0 fully saturated rings. The minimum atomic E-state index is -0.579. The van der Waals surface area contributed by atoms with Gasteiger partial charge in [-0.1, -0.05) is 11.6 Å². The van der Waals surface area contributed by atoms with E-state index in [1.807, 2.05) is 6.07 Å². The molecule has 1 aromatic carbocycles. The van der Waals surface area contributed by atoms with Crippen LogP contribution in [0.1, 0.15) is 0 Å². The van der Waals surface area contributed by atoms with Gasteiger partial charge in [-0.15, -0.1) is 11.8 Å². The third kappa shape index (κ3) is 4.09. The van der Waals surface area contributed by atoms with E-state index in [-0.39, 0.29) is 22.4 Å². The number of thioether (sulfide) groups is 1. The molecule has 0 heterocycles. The Labute approximate surface area is 102 Å². The van der Waals surface area contributed by atoms with Gasteiger partial charge >= 0.3 is 0 Å². The van der Waals surface area contributed by atoms with Crippen LogP contribution in [0.4, 0.5) is 10.1 Å². The Kier molecular flexibility index (Phi) is 5.09. The van der Waals surface area contributed by atoms with Crippen molar-refractivity contribution in [1.82, 2.24) is 0 Å². The van der Waals surface area contributed by atoms with Gasteiger partial charge in [0.25, 0.3) is 0 Å². The Morgan fingerprint density at radius 2 is 2.38 bits per heavy atom. The maximum absolute atomic E-state index is 13.0. The summed E-state index contributed by atoms with van der Waals surface area (Å²) in [6, 6.07) is 5.94. The third-order valence-electron chi connectivity index (χ3n) is 1.60. The van der Waals surface area contributed by atoms with Crippen molar-refractivity contribution < 1.29 is 9.18 Å². The summed E-state index contributed by atoms with van der Waals surface area (Å²) in [7, 11) is 0. The molecule has 0 radical (unpaired) electrons. The first-order valence-electron chi connectivity index (χ1n) is 4.33. The lowest BCUT2D eigenvalue weighted by atomic mass is 10.3. The molecule has 0 spiro atoms. The van der Waals surface area contributed by atoms with Gasteiger partial charge in [0, 0.05) is 5.69 Å². The van der Waals surface area contributed by atoms with Crippen LogP contribution >= 0.6 is 23.4 Å².